The van der Waals surface area contributed by atoms with E-state index in [2.05, 4.69) is 20.6 Å². The average Bonchev–Trinajstić information content (AvgIpc) is 2.79. The molecule has 0 saturated carbocycles. The summed E-state index contributed by atoms with van der Waals surface area (Å²) >= 11 is 0. The first-order valence-corrected chi connectivity index (χ1v) is 12.9. The number of benzene rings is 2. The van der Waals surface area contributed by atoms with Crippen LogP contribution in [0.4, 0.5) is 0 Å². The monoisotopic (exact) mass is 470 g/mol. The third-order valence-corrected chi connectivity index (χ3v) is 7.20. The summed E-state index contributed by atoms with van der Waals surface area (Å²) in [4.78, 5) is 4.65. The summed E-state index contributed by atoms with van der Waals surface area (Å²) in [5.74, 6) is 0.769. The first-order valence-electron chi connectivity index (χ1n) is 11.2. The molecule has 176 valence electrons. The highest BCUT2D eigenvalue weighted by atomic mass is 32.2. The summed E-state index contributed by atoms with van der Waals surface area (Å²) in [6, 6.07) is 18.5. The lowest BCUT2D eigenvalue weighted by molar-refractivity contribution is -0.138. The average molecular weight is 471 g/mol. The molecular weight excluding hydrogens is 440 g/mol. The topological polar surface area (TPSA) is 94.9 Å². The summed E-state index contributed by atoms with van der Waals surface area (Å²) in [7, 11) is -3.35. The minimum Gasteiger partial charge on any atom is -0.492 e. The van der Waals surface area contributed by atoms with Gasteiger partial charge in [-0.1, -0.05) is 30.3 Å². The smallest absolute Gasteiger partial charge is 0.215 e. The van der Waals surface area contributed by atoms with Crippen LogP contribution in [0.5, 0.6) is 5.75 Å². The number of hydrogen-bond donors (Lipinski definition) is 1. The predicted molar refractivity (Wildman–Crippen MR) is 125 cm³/mol. The van der Waals surface area contributed by atoms with Crippen molar-refractivity contribution in [3.63, 3.8) is 0 Å². The number of nitriles is 1. The number of hydrogen-bond acceptors (Lipinski definition) is 7. The lowest BCUT2D eigenvalue weighted by Gasteiger charge is -2.45. The standard InChI is InChI=1S/C24H30N4O4S/c25-14-20-6-8-22(9-7-20)31-13-12-28-17-23-15-27(16-24(18-28)32-23)11-10-26-33(29,30)19-21-4-2-1-3-5-21/h1-9,23-24,26H,10-13,15-19H2. The zero-order chi connectivity index (χ0) is 23.1. The molecule has 0 aliphatic carbocycles. The van der Waals surface area contributed by atoms with Crippen molar-refractivity contribution in [3.8, 4) is 11.8 Å². The van der Waals surface area contributed by atoms with E-state index >= 15 is 0 Å². The lowest BCUT2D eigenvalue weighted by atomic mass is 10.1. The van der Waals surface area contributed by atoms with Crippen molar-refractivity contribution < 1.29 is 17.9 Å². The Morgan fingerprint density at radius 1 is 0.970 bits per heavy atom. The second kappa shape index (κ2) is 11.1. The van der Waals surface area contributed by atoms with Crippen LogP contribution < -0.4 is 9.46 Å². The second-order valence-corrected chi connectivity index (χ2v) is 10.3. The van der Waals surface area contributed by atoms with E-state index in [1.165, 1.54) is 0 Å². The molecule has 9 heteroatoms. The molecule has 2 aromatic carbocycles. The van der Waals surface area contributed by atoms with Gasteiger partial charge in [-0.25, -0.2) is 13.1 Å². The first-order chi connectivity index (χ1) is 16.0. The van der Waals surface area contributed by atoms with Crippen LogP contribution in [0.3, 0.4) is 0 Å². The summed E-state index contributed by atoms with van der Waals surface area (Å²) < 4.78 is 39.3. The number of rotatable bonds is 10. The molecule has 2 aliphatic rings. The molecule has 2 aliphatic heterocycles. The molecule has 0 amide bonds. The molecule has 2 saturated heterocycles. The van der Waals surface area contributed by atoms with E-state index in [1.807, 2.05) is 42.5 Å². The predicted octanol–water partition coefficient (Wildman–Crippen LogP) is 1.44. The van der Waals surface area contributed by atoms with E-state index in [0.717, 1.165) is 44.0 Å². The normalized spacial score (nSPS) is 21.4. The minimum atomic E-state index is -3.35. The van der Waals surface area contributed by atoms with Gasteiger partial charge in [-0.05, 0) is 29.8 Å². The number of sulfonamides is 1. The molecule has 0 spiro atoms. The Bertz CT molecular complexity index is 1030. The Balaban J connectivity index is 1.16. The van der Waals surface area contributed by atoms with E-state index < -0.39 is 10.0 Å². The van der Waals surface area contributed by atoms with E-state index in [4.69, 9.17) is 14.7 Å². The molecule has 0 aromatic heterocycles. The number of nitrogens with zero attached hydrogens (tertiary/aromatic N) is 3. The SMILES string of the molecule is N#Cc1ccc(OCCN2CC3CN(CCNS(=O)(=O)Cc4ccccc4)CC(C2)O3)cc1. The van der Waals surface area contributed by atoms with Gasteiger partial charge in [0, 0.05) is 45.8 Å². The Hall–Kier alpha value is -2.48. The van der Waals surface area contributed by atoms with Gasteiger partial charge in [0.1, 0.15) is 12.4 Å². The van der Waals surface area contributed by atoms with E-state index in [1.54, 1.807) is 12.1 Å². The van der Waals surface area contributed by atoms with Crippen molar-refractivity contribution in [1.29, 1.82) is 5.26 Å². The van der Waals surface area contributed by atoms with Crippen LogP contribution in [-0.4, -0.2) is 82.8 Å². The zero-order valence-electron chi connectivity index (χ0n) is 18.6. The molecule has 2 unspecified atom stereocenters. The Labute approximate surface area is 195 Å². The maximum Gasteiger partial charge on any atom is 0.215 e. The molecule has 1 N–H and O–H groups in total. The molecular formula is C24H30N4O4S. The van der Waals surface area contributed by atoms with Gasteiger partial charge in [-0.15, -0.1) is 0 Å². The highest BCUT2D eigenvalue weighted by Gasteiger charge is 2.34. The summed E-state index contributed by atoms with van der Waals surface area (Å²) in [6.45, 7) is 5.73. The van der Waals surface area contributed by atoms with Gasteiger partial charge >= 0.3 is 0 Å². The summed E-state index contributed by atoms with van der Waals surface area (Å²) in [5.41, 5.74) is 1.41. The quantitative estimate of drug-likeness (QED) is 0.561. The number of nitrogens with one attached hydrogen (secondary N) is 1. The van der Waals surface area contributed by atoms with Crippen LogP contribution in [0.25, 0.3) is 0 Å². The van der Waals surface area contributed by atoms with Crippen molar-refractivity contribution in [1.82, 2.24) is 14.5 Å². The third kappa shape index (κ3) is 7.25. The maximum absolute atomic E-state index is 12.3. The number of fused-ring (bicyclic) bond motifs is 2. The molecule has 2 aromatic rings. The van der Waals surface area contributed by atoms with Crippen molar-refractivity contribution in [2.45, 2.75) is 18.0 Å². The van der Waals surface area contributed by atoms with Gasteiger partial charge in [0.05, 0.1) is 29.6 Å². The fraction of sp³-hybridized carbons (Fsp3) is 0.458. The molecule has 33 heavy (non-hydrogen) atoms. The van der Waals surface area contributed by atoms with Crippen LogP contribution in [0.1, 0.15) is 11.1 Å². The van der Waals surface area contributed by atoms with E-state index in [-0.39, 0.29) is 18.0 Å². The Kier molecular flexibility index (Phi) is 7.96. The van der Waals surface area contributed by atoms with Crippen molar-refractivity contribution >= 4 is 10.0 Å². The van der Waals surface area contributed by atoms with Gasteiger partial charge in [-0.3, -0.25) is 9.80 Å². The van der Waals surface area contributed by atoms with Gasteiger partial charge in [0.2, 0.25) is 10.0 Å². The number of ether oxygens (including phenoxy) is 2. The van der Waals surface area contributed by atoms with Gasteiger partial charge in [0.15, 0.2) is 0 Å². The molecule has 4 rings (SSSR count). The Morgan fingerprint density at radius 3 is 2.24 bits per heavy atom. The molecule has 2 bridgehead atoms. The van der Waals surface area contributed by atoms with E-state index in [9.17, 15) is 8.42 Å². The number of morpholine rings is 2. The fourth-order valence-electron chi connectivity index (χ4n) is 4.35. The molecule has 8 nitrogen and oxygen atoms in total. The van der Waals surface area contributed by atoms with Crippen LogP contribution in [-0.2, 0) is 20.5 Å². The summed E-state index contributed by atoms with van der Waals surface area (Å²) in [6.07, 6.45) is 0.238. The summed E-state index contributed by atoms with van der Waals surface area (Å²) in [5, 5.41) is 8.87. The molecule has 0 radical (unpaired) electrons. The van der Waals surface area contributed by atoms with Gasteiger partial charge < -0.3 is 9.47 Å². The van der Waals surface area contributed by atoms with Crippen LogP contribution in [0.2, 0.25) is 0 Å². The highest BCUT2D eigenvalue weighted by molar-refractivity contribution is 7.88. The Morgan fingerprint density at radius 2 is 1.61 bits per heavy atom. The lowest BCUT2D eigenvalue weighted by Crippen LogP contribution is -2.60. The van der Waals surface area contributed by atoms with Crippen LogP contribution in [0.15, 0.2) is 54.6 Å². The van der Waals surface area contributed by atoms with E-state index in [0.29, 0.717) is 25.3 Å². The van der Waals surface area contributed by atoms with Crippen LogP contribution >= 0.6 is 0 Å². The van der Waals surface area contributed by atoms with Crippen molar-refractivity contribution in [3.05, 3.63) is 65.7 Å². The maximum atomic E-state index is 12.3. The van der Waals surface area contributed by atoms with Crippen molar-refractivity contribution in [2.75, 3.05) is 52.4 Å². The second-order valence-electron chi connectivity index (χ2n) is 8.52. The fourth-order valence-corrected chi connectivity index (χ4v) is 5.48. The minimum absolute atomic E-state index is 0.00169. The molecule has 2 atom stereocenters. The highest BCUT2D eigenvalue weighted by Crippen LogP contribution is 2.19. The van der Waals surface area contributed by atoms with Crippen LogP contribution in [0, 0.1) is 11.3 Å². The third-order valence-electron chi connectivity index (χ3n) is 5.84. The van der Waals surface area contributed by atoms with Gasteiger partial charge in [-0.2, -0.15) is 5.26 Å². The van der Waals surface area contributed by atoms with Gasteiger partial charge in [0.25, 0.3) is 0 Å². The largest absolute Gasteiger partial charge is 0.492 e. The first kappa shape index (κ1) is 23.7. The molecule has 2 heterocycles. The zero-order valence-corrected chi connectivity index (χ0v) is 19.4. The van der Waals surface area contributed by atoms with Crippen molar-refractivity contribution in [2.24, 2.45) is 0 Å². The molecule has 2 fully saturated rings.